The average Bonchev–Trinajstić information content (AvgIpc) is 2.24. The molecule has 0 saturated heterocycles. The summed E-state index contributed by atoms with van der Waals surface area (Å²) in [6.07, 6.45) is 0. The second kappa shape index (κ2) is 6.42. The van der Waals surface area contributed by atoms with Crippen LogP contribution >= 0.6 is 11.8 Å². The van der Waals surface area contributed by atoms with Gasteiger partial charge in [-0.3, -0.25) is 4.79 Å². The highest BCUT2D eigenvalue weighted by Gasteiger charge is 2.15. The lowest BCUT2D eigenvalue weighted by molar-refractivity contribution is 0.102. The average molecular weight is 264 g/mol. The summed E-state index contributed by atoms with van der Waals surface area (Å²) in [6.45, 7) is 12.7. The molecule has 0 heterocycles. The van der Waals surface area contributed by atoms with Gasteiger partial charge in [0.1, 0.15) is 0 Å². The third-order valence-corrected chi connectivity index (χ3v) is 4.87. The maximum Gasteiger partial charge on any atom is 0.173 e. The third-order valence-electron chi connectivity index (χ3n) is 3.37. The molecule has 1 unspecified atom stereocenters. The van der Waals surface area contributed by atoms with Crippen molar-refractivity contribution in [2.75, 3.05) is 5.75 Å². The minimum atomic E-state index is 0.266. The number of hydrogen-bond donors (Lipinski definition) is 0. The number of Topliss-reactive ketones (excluding diaryl/α,β-unsaturated/α-hetero) is 1. The van der Waals surface area contributed by atoms with Crippen LogP contribution in [0.2, 0.25) is 0 Å². The van der Waals surface area contributed by atoms with E-state index in [4.69, 9.17) is 0 Å². The summed E-state index contributed by atoms with van der Waals surface area (Å²) < 4.78 is 0. The van der Waals surface area contributed by atoms with E-state index >= 15 is 0 Å². The smallest absolute Gasteiger partial charge is 0.173 e. The molecule has 1 aromatic rings. The number of benzene rings is 1. The van der Waals surface area contributed by atoms with E-state index in [9.17, 15) is 4.79 Å². The summed E-state index contributed by atoms with van der Waals surface area (Å²) in [5, 5.41) is 0.528. The predicted molar refractivity (Wildman–Crippen MR) is 81.7 cm³/mol. The summed E-state index contributed by atoms with van der Waals surface area (Å²) in [5.41, 5.74) is 4.36. The summed E-state index contributed by atoms with van der Waals surface area (Å²) in [7, 11) is 0. The van der Waals surface area contributed by atoms with Crippen molar-refractivity contribution >= 4 is 17.5 Å². The zero-order chi connectivity index (χ0) is 13.9. The minimum Gasteiger partial charge on any atom is -0.293 e. The molecule has 1 atom stereocenters. The largest absolute Gasteiger partial charge is 0.293 e. The number of rotatable bonds is 5. The maximum absolute atomic E-state index is 12.3. The fraction of sp³-hybridized carbons (Fsp3) is 0.562. The summed E-state index contributed by atoms with van der Waals surface area (Å²) in [4.78, 5) is 12.3. The van der Waals surface area contributed by atoms with E-state index in [1.807, 2.05) is 13.8 Å². The molecule has 0 aromatic heterocycles. The molecular formula is C16H24OS. The van der Waals surface area contributed by atoms with Gasteiger partial charge in [0, 0.05) is 10.8 Å². The Labute approximate surface area is 115 Å². The lowest BCUT2D eigenvalue weighted by Gasteiger charge is -2.15. The van der Waals surface area contributed by atoms with Crippen molar-refractivity contribution in [3.05, 3.63) is 34.4 Å². The minimum absolute atomic E-state index is 0.266. The van der Waals surface area contributed by atoms with Gasteiger partial charge < -0.3 is 0 Å². The summed E-state index contributed by atoms with van der Waals surface area (Å²) in [5.74, 6) is 1.47. The van der Waals surface area contributed by atoms with Crippen LogP contribution < -0.4 is 0 Å². The molecule has 1 nitrogen and oxygen atoms in total. The van der Waals surface area contributed by atoms with Crippen molar-refractivity contribution in [1.29, 1.82) is 0 Å². The van der Waals surface area contributed by atoms with Crippen LogP contribution in [0.15, 0.2) is 12.1 Å². The molecule has 0 spiro atoms. The number of ketones is 1. The second-order valence-corrected chi connectivity index (χ2v) is 6.82. The Kier molecular flexibility index (Phi) is 5.46. The molecule has 18 heavy (non-hydrogen) atoms. The van der Waals surface area contributed by atoms with Gasteiger partial charge in [0.05, 0.1) is 5.75 Å². The molecule has 100 valence electrons. The van der Waals surface area contributed by atoms with Crippen LogP contribution in [0, 0.1) is 26.7 Å². The van der Waals surface area contributed by atoms with Crippen LogP contribution in [-0.4, -0.2) is 16.8 Å². The van der Waals surface area contributed by atoms with E-state index < -0.39 is 0 Å². The first-order valence-electron chi connectivity index (χ1n) is 6.55. The fourth-order valence-corrected chi connectivity index (χ4v) is 3.04. The Balaban J connectivity index is 2.79. The van der Waals surface area contributed by atoms with Crippen molar-refractivity contribution in [3.63, 3.8) is 0 Å². The Morgan fingerprint density at radius 3 is 2.06 bits per heavy atom. The van der Waals surface area contributed by atoms with Crippen molar-refractivity contribution in [2.45, 2.75) is 46.8 Å². The van der Waals surface area contributed by atoms with Crippen molar-refractivity contribution in [3.8, 4) is 0 Å². The van der Waals surface area contributed by atoms with Crippen molar-refractivity contribution in [2.24, 2.45) is 5.92 Å². The third kappa shape index (κ3) is 3.88. The molecule has 2 heteroatoms. The Bertz CT molecular complexity index is 412. The first kappa shape index (κ1) is 15.3. The molecule has 0 aliphatic carbocycles. The highest BCUT2D eigenvalue weighted by molar-refractivity contribution is 8.00. The number of thioether (sulfide) groups is 1. The molecule has 0 bridgehead atoms. The first-order valence-corrected chi connectivity index (χ1v) is 7.60. The molecule has 0 N–H and O–H groups in total. The molecule has 1 rings (SSSR count). The first-order chi connectivity index (χ1) is 8.32. The highest BCUT2D eigenvalue weighted by atomic mass is 32.2. The van der Waals surface area contributed by atoms with Crippen LogP contribution in [0.1, 0.15) is 47.8 Å². The summed E-state index contributed by atoms with van der Waals surface area (Å²) >= 11 is 1.76. The van der Waals surface area contributed by atoms with E-state index in [0.29, 0.717) is 16.9 Å². The Hall–Kier alpha value is -0.760. The second-order valence-electron chi connectivity index (χ2n) is 5.46. The number of aryl methyl sites for hydroxylation is 3. The SMILES string of the molecule is Cc1cc(C)c(C(=O)CSC(C)C(C)C)c(C)c1. The van der Waals surface area contributed by atoms with Crippen LogP contribution in [0.25, 0.3) is 0 Å². The molecule has 0 amide bonds. The topological polar surface area (TPSA) is 17.1 Å². The quantitative estimate of drug-likeness (QED) is 0.725. The Morgan fingerprint density at radius 2 is 1.61 bits per heavy atom. The molecule has 0 aliphatic heterocycles. The van der Waals surface area contributed by atoms with E-state index in [0.717, 1.165) is 16.7 Å². The van der Waals surface area contributed by atoms with Crippen LogP contribution in [0.5, 0.6) is 0 Å². The van der Waals surface area contributed by atoms with E-state index in [-0.39, 0.29) is 5.78 Å². The zero-order valence-electron chi connectivity index (χ0n) is 12.3. The molecule has 0 fully saturated rings. The van der Waals surface area contributed by atoms with Gasteiger partial charge in [-0.25, -0.2) is 0 Å². The maximum atomic E-state index is 12.3. The van der Waals surface area contributed by atoms with Crippen LogP contribution in [0.4, 0.5) is 0 Å². The van der Waals surface area contributed by atoms with Gasteiger partial charge in [0.2, 0.25) is 0 Å². The van der Waals surface area contributed by atoms with E-state index in [1.54, 1.807) is 11.8 Å². The lowest BCUT2D eigenvalue weighted by atomic mass is 9.97. The van der Waals surface area contributed by atoms with Crippen molar-refractivity contribution in [1.82, 2.24) is 0 Å². The van der Waals surface area contributed by atoms with Gasteiger partial charge >= 0.3 is 0 Å². The van der Waals surface area contributed by atoms with E-state index in [2.05, 4.69) is 39.8 Å². The van der Waals surface area contributed by atoms with Gasteiger partial charge in [-0.2, -0.15) is 11.8 Å². The van der Waals surface area contributed by atoms with Gasteiger partial charge in [-0.05, 0) is 37.8 Å². The van der Waals surface area contributed by atoms with Crippen LogP contribution in [0.3, 0.4) is 0 Å². The molecule has 0 saturated carbocycles. The fourth-order valence-electron chi connectivity index (χ4n) is 2.09. The highest BCUT2D eigenvalue weighted by Crippen LogP contribution is 2.23. The lowest BCUT2D eigenvalue weighted by Crippen LogP contribution is -2.13. The molecular weight excluding hydrogens is 240 g/mol. The van der Waals surface area contributed by atoms with Crippen LogP contribution in [-0.2, 0) is 0 Å². The number of hydrogen-bond acceptors (Lipinski definition) is 2. The van der Waals surface area contributed by atoms with Crippen molar-refractivity contribution < 1.29 is 4.79 Å². The van der Waals surface area contributed by atoms with Gasteiger partial charge in [-0.15, -0.1) is 0 Å². The zero-order valence-corrected chi connectivity index (χ0v) is 13.1. The molecule has 0 radical (unpaired) electrons. The normalized spacial score (nSPS) is 12.8. The van der Waals surface area contributed by atoms with Gasteiger partial charge in [-0.1, -0.05) is 38.5 Å². The standard InChI is InChI=1S/C16H24OS/c1-10(2)14(6)18-9-15(17)16-12(4)7-11(3)8-13(16)5/h7-8,10,14H,9H2,1-6H3. The molecule has 1 aromatic carbocycles. The number of carbonyl (C=O) groups excluding carboxylic acids is 1. The predicted octanol–water partition coefficient (Wildman–Crippen LogP) is 4.57. The van der Waals surface area contributed by atoms with Gasteiger partial charge in [0.15, 0.2) is 5.78 Å². The van der Waals surface area contributed by atoms with E-state index in [1.165, 1.54) is 5.56 Å². The monoisotopic (exact) mass is 264 g/mol. The molecule has 0 aliphatic rings. The Morgan fingerprint density at radius 1 is 1.11 bits per heavy atom. The number of carbonyl (C=O) groups is 1. The summed E-state index contributed by atoms with van der Waals surface area (Å²) in [6, 6.07) is 4.19. The van der Waals surface area contributed by atoms with Gasteiger partial charge in [0.25, 0.3) is 0 Å².